The third-order valence-corrected chi connectivity index (χ3v) is 4.59. The number of carbonyl (C=O) groups is 1. The highest BCUT2D eigenvalue weighted by Gasteiger charge is 2.44. The van der Waals surface area contributed by atoms with E-state index >= 15 is 0 Å². The van der Waals surface area contributed by atoms with E-state index in [1.807, 2.05) is 26.0 Å². The molecule has 5 nitrogen and oxygen atoms in total. The lowest BCUT2D eigenvalue weighted by molar-refractivity contribution is -0.236. The summed E-state index contributed by atoms with van der Waals surface area (Å²) in [6.07, 6.45) is -5.88. The monoisotopic (exact) mass is 355 g/mol. The fraction of sp³-hybridized carbons (Fsp3) is 0.529. The number of ether oxygens (including phenoxy) is 1. The first kappa shape index (κ1) is 17.7. The molecule has 1 aliphatic heterocycles. The first-order valence-corrected chi connectivity index (χ1v) is 8.16. The average molecular weight is 355 g/mol. The number of fused-ring (bicyclic) bond motifs is 1. The third kappa shape index (κ3) is 3.78. The predicted octanol–water partition coefficient (Wildman–Crippen LogP) is 2.90. The molecule has 0 spiro atoms. The quantitative estimate of drug-likeness (QED) is 0.921. The molecule has 0 unspecified atom stereocenters. The molecule has 1 amide bonds. The van der Waals surface area contributed by atoms with E-state index in [1.54, 1.807) is 0 Å². The summed E-state index contributed by atoms with van der Waals surface area (Å²) in [5.41, 5.74) is 3.97. The molecule has 0 bridgehead atoms. The molecule has 1 aromatic heterocycles. The van der Waals surface area contributed by atoms with Crippen molar-refractivity contribution in [1.82, 2.24) is 14.9 Å². The minimum atomic E-state index is -4.45. The molecule has 3 rings (SSSR count). The van der Waals surface area contributed by atoms with Gasteiger partial charge in [0.15, 0.2) is 6.10 Å². The number of hydrogen-bond acceptors (Lipinski definition) is 3. The number of aryl methyl sites for hydroxylation is 3. The van der Waals surface area contributed by atoms with Crippen molar-refractivity contribution in [2.45, 2.75) is 39.0 Å². The number of rotatable bonds is 3. The Morgan fingerprint density at radius 2 is 2.16 bits per heavy atom. The van der Waals surface area contributed by atoms with E-state index in [0.717, 1.165) is 22.2 Å². The van der Waals surface area contributed by atoms with Crippen LogP contribution in [0, 0.1) is 13.8 Å². The van der Waals surface area contributed by atoms with Crippen LogP contribution in [0.2, 0.25) is 0 Å². The van der Waals surface area contributed by atoms with Crippen molar-refractivity contribution < 1.29 is 22.7 Å². The molecule has 1 aromatic carbocycles. The largest absolute Gasteiger partial charge is 0.416 e. The SMILES string of the molecule is Cc1ccc2[nH]c(CCC(=O)N3CCO[C@@H](C(F)(F)F)C3)nc2c1C. The van der Waals surface area contributed by atoms with E-state index in [-0.39, 0.29) is 25.5 Å². The van der Waals surface area contributed by atoms with Crippen LogP contribution in [-0.4, -0.2) is 52.8 Å². The first-order chi connectivity index (χ1) is 11.8. The maximum Gasteiger partial charge on any atom is 0.416 e. The van der Waals surface area contributed by atoms with E-state index in [0.29, 0.717) is 12.2 Å². The molecule has 1 aliphatic rings. The van der Waals surface area contributed by atoms with Gasteiger partial charge in [0.2, 0.25) is 5.91 Å². The summed E-state index contributed by atoms with van der Waals surface area (Å²) in [5, 5.41) is 0. The normalized spacial score (nSPS) is 18.8. The zero-order chi connectivity index (χ0) is 18.2. The van der Waals surface area contributed by atoms with Gasteiger partial charge in [-0.15, -0.1) is 0 Å². The molecule has 2 heterocycles. The van der Waals surface area contributed by atoms with Crippen molar-refractivity contribution in [2.24, 2.45) is 0 Å². The zero-order valence-electron chi connectivity index (χ0n) is 14.1. The second-order valence-electron chi connectivity index (χ2n) is 6.33. The molecule has 0 aliphatic carbocycles. The van der Waals surface area contributed by atoms with Gasteiger partial charge in [0.1, 0.15) is 5.82 Å². The summed E-state index contributed by atoms with van der Waals surface area (Å²) >= 11 is 0. The average Bonchev–Trinajstić information content (AvgIpc) is 2.99. The maximum absolute atomic E-state index is 12.7. The standard InChI is InChI=1S/C17H20F3N3O2/c1-10-3-4-12-16(11(10)2)22-14(21-12)5-6-15(24)23-7-8-25-13(9-23)17(18,19)20/h3-4,13H,5-9H2,1-2H3,(H,21,22)/t13-/m1/s1. The number of H-pyrrole nitrogens is 1. The van der Waals surface area contributed by atoms with Gasteiger partial charge in [0.25, 0.3) is 0 Å². The number of hydrogen-bond donors (Lipinski definition) is 1. The van der Waals surface area contributed by atoms with Crippen molar-refractivity contribution in [2.75, 3.05) is 19.7 Å². The molecule has 0 saturated carbocycles. The molecular formula is C17H20F3N3O2. The highest BCUT2D eigenvalue weighted by molar-refractivity contribution is 5.80. The Morgan fingerprint density at radius 3 is 2.88 bits per heavy atom. The van der Waals surface area contributed by atoms with Crippen LogP contribution in [0.25, 0.3) is 11.0 Å². The zero-order valence-corrected chi connectivity index (χ0v) is 14.1. The predicted molar refractivity (Wildman–Crippen MR) is 86.3 cm³/mol. The van der Waals surface area contributed by atoms with Crippen LogP contribution in [0.4, 0.5) is 13.2 Å². The lowest BCUT2D eigenvalue weighted by Gasteiger charge is -2.33. The molecule has 1 fully saturated rings. The van der Waals surface area contributed by atoms with Gasteiger partial charge in [-0.25, -0.2) is 4.98 Å². The Labute approximate surface area is 143 Å². The Morgan fingerprint density at radius 1 is 1.40 bits per heavy atom. The number of benzene rings is 1. The highest BCUT2D eigenvalue weighted by atomic mass is 19.4. The number of alkyl halides is 3. The minimum absolute atomic E-state index is 0.0982. The Bertz CT molecular complexity index is 785. The van der Waals surface area contributed by atoms with Crippen LogP contribution in [0.3, 0.4) is 0 Å². The van der Waals surface area contributed by atoms with Crippen molar-refractivity contribution in [1.29, 1.82) is 0 Å². The van der Waals surface area contributed by atoms with Gasteiger partial charge in [0.05, 0.1) is 24.2 Å². The van der Waals surface area contributed by atoms with Gasteiger partial charge in [0, 0.05) is 19.4 Å². The minimum Gasteiger partial charge on any atom is -0.365 e. The fourth-order valence-electron chi connectivity index (χ4n) is 2.94. The number of amides is 1. The second-order valence-corrected chi connectivity index (χ2v) is 6.33. The molecule has 136 valence electrons. The van der Waals surface area contributed by atoms with Gasteiger partial charge in [-0.05, 0) is 31.0 Å². The Kier molecular flexibility index (Phi) is 4.73. The number of aromatic nitrogens is 2. The summed E-state index contributed by atoms with van der Waals surface area (Å²) in [4.78, 5) is 21.1. The lowest BCUT2D eigenvalue weighted by atomic mass is 10.1. The van der Waals surface area contributed by atoms with Crippen LogP contribution in [0.15, 0.2) is 12.1 Å². The topological polar surface area (TPSA) is 58.2 Å². The van der Waals surface area contributed by atoms with Gasteiger partial charge >= 0.3 is 6.18 Å². The number of nitrogens with zero attached hydrogens (tertiary/aromatic N) is 2. The number of aromatic amines is 1. The molecule has 2 aromatic rings. The van der Waals surface area contributed by atoms with Crippen LogP contribution >= 0.6 is 0 Å². The summed E-state index contributed by atoms with van der Waals surface area (Å²) in [7, 11) is 0. The van der Waals surface area contributed by atoms with Gasteiger partial charge in [-0.2, -0.15) is 13.2 Å². The summed E-state index contributed by atoms with van der Waals surface area (Å²) in [6.45, 7) is 3.63. The van der Waals surface area contributed by atoms with Crippen LogP contribution in [0.1, 0.15) is 23.4 Å². The van der Waals surface area contributed by atoms with E-state index in [2.05, 4.69) is 9.97 Å². The van der Waals surface area contributed by atoms with Gasteiger partial charge in [-0.1, -0.05) is 6.07 Å². The van der Waals surface area contributed by atoms with Crippen molar-refractivity contribution in [3.05, 3.63) is 29.1 Å². The molecule has 8 heteroatoms. The van der Waals surface area contributed by atoms with Gasteiger partial charge < -0.3 is 14.6 Å². The molecule has 1 saturated heterocycles. The number of nitrogens with one attached hydrogen (secondary N) is 1. The third-order valence-electron chi connectivity index (χ3n) is 4.59. The summed E-state index contributed by atoms with van der Waals surface area (Å²) in [6, 6.07) is 3.93. The number of imidazole rings is 1. The van der Waals surface area contributed by atoms with E-state index < -0.39 is 18.8 Å². The van der Waals surface area contributed by atoms with Gasteiger partial charge in [-0.3, -0.25) is 4.79 Å². The van der Waals surface area contributed by atoms with E-state index in [9.17, 15) is 18.0 Å². The van der Waals surface area contributed by atoms with Crippen molar-refractivity contribution in [3.8, 4) is 0 Å². The smallest absolute Gasteiger partial charge is 0.365 e. The maximum atomic E-state index is 12.7. The van der Waals surface area contributed by atoms with Crippen LogP contribution in [0.5, 0.6) is 0 Å². The number of halogens is 3. The lowest BCUT2D eigenvalue weighted by Crippen LogP contribution is -2.51. The van der Waals surface area contributed by atoms with Crippen LogP contribution in [-0.2, 0) is 16.0 Å². The Balaban J connectivity index is 1.63. The van der Waals surface area contributed by atoms with E-state index in [4.69, 9.17) is 4.74 Å². The highest BCUT2D eigenvalue weighted by Crippen LogP contribution is 2.26. The second kappa shape index (κ2) is 6.67. The molecule has 25 heavy (non-hydrogen) atoms. The number of morpholine rings is 1. The molecule has 1 atom stereocenters. The number of carbonyl (C=O) groups excluding carboxylic acids is 1. The van der Waals surface area contributed by atoms with Crippen LogP contribution < -0.4 is 0 Å². The van der Waals surface area contributed by atoms with Crippen molar-refractivity contribution in [3.63, 3.8) is 0 Å². The van der Waals surface area contributed by atoms with Crippen molar-refractivity contribution >= 4 is 16.9 Å². The Hall–Kier alpha value is -2.09. The molecule has 0 radical (unpaired) electrons. The fourth-order valence-corrected chi connectivity index (χ4v) is 2.94. The molecular weight excluding hydrogens is 335 g/mol. The molecule has 1 N–H and O–H groups in total. The summed E-state index contributed by atoms with van der Waals surface area (Å²) < 4.78 is 42.9. The van der Waals surface area contributed by atoms with E-state index in [1.165, 1.54) is 4.90 Å². The summed E-state index contributed by atoms with van der Waals surface area (Å²) in [5.74, 6) is 0.351. The first-order valence-electron chi connectivity index (χ1n) is 8.16.